The molecule has 0 atom stereocenters. The Balaban J connectivity index is 1.99. The van der Waals surface area contributed by atoms with Gasteiger partial charge in [0.15, 0.2) is 0 Å². The Morgan fingerprint density at radius 3 is 2.38 bits per heavy atom. The van der Waals surface area contributed by atoms with E-state index >= 15 is 0 Å². The molecule has 0 aliphatic rings. The zero-order valence-corrected chi connectivity index (χ0v) is 25.4. The van der Waals surface area contributed by atoms with Gasteiger partial charge in [-0.15, -0.1) is 0 Å². The van der Waals surface area contributed by atoms with E-state index in [0.717, 1.165) is 39.5 Å². The highest BCUT2D eigenvalue weighted by molar-refractivity contribution is 8.13. The minimum atomic E-state index is -0.885. The van der Waals surface area contributed by atoms with Crippen LogP contribution in [-0.4, -0.2) is 52.4 Å². The third-order valence-electron chi connectivity index (χ3n) is 6.47. The number of benzene rings is 2. The second-order valence-corrected chi connectivity index (χ2v) is 10.7. The van der Waals surface area contributed by atoms with Crippen molar-refractivity contribution in [3.63, 3.8) is 0 Å². The maximum absolute atomic E-state index is 12.6. The summed E-state index contributed by atoms with van der Waals surface area (Å²) in [6.07, 6.45) is -0.883. The van der Waals surface area contributed by atoms with E-state index in [9.17, 15) is 14.4 Å². The fraction of sp³-hybridized carbons (Fsp3) is 0.355. The molecule has 0 spiro atoms. The molecule has 2 N–H and O–H groups in total. The second-order valence-electron chi connectivity index (χ2n) is 9.75. The van der Waals surface area contributed by atoms with Crippen LogP contribution in [0.5, 0.6) is 5.75 Å². The van der Waals surface area contributed by atoms with Crippen LogP contribution in [-0.2, 0) is 25.4 Å². The van der Waals surface area contributed by atoms with Crippen molar-refractivity contribution in [1.29, 1.82) is 0 Å². The molecule has 0 aliphatic heterocycles. The highest BCUT2D eigenvalue weighted by atomic mass is 32.2. The normalized spacial score (nSPS) is 11.1. The lowest BCUT2D eigenvalue weighted by Gasteiger charge is -2.18. The van der Waals surface area contributed by atoms with E-state index < -0.39 is 11.5 Å². The standard InChI is InChI=1S/C31H35N3O7S/c1-7-38-26(35)15-19-14-25(41-30(36)39-8-2)23(16-21(19)17(4)5)28-27(29(34-33-28)42-31(37)40-9-3)20-11-10-12-24-22(20)13-18(6)32-24/h10-14,16-17,32H,7-9,15H2,1-6H3,(H,33,34). The molecule has 2 aromatic carbocycles. The minimum Gasteiger partial charge on any atom is -0.466 e. The van der Waals surface area contributed by atoms with Crippen molar-refractivity contribution in [2.75, 3.05) is 19.8 Å². The molecule has 0 unspecified atom stereocenters. The summed E-state index contributed by atoms with van der Waals surface area (Å²) in [6.45, 7) is 11.8. The zero-order chi connectivity index (χ0) is 30.4. The van der Waals surface area contributed by atoms with Gasteiger partial charge in [0.1, 0.15) is 10.8 Å². The fourth-order valence-corrected chi connectivity index (χ4v) is 5.54. The molecule has 0 saturated carbocycles. The first kappa shape index (κ1) is 30.7. The number of aryl methyl sites for hydroxylation is 1. The molecule has 0 fully saturated rings. The minimum absolute atomic E-state index is 0.00253. The molecule has 11 heteroatoms. The Morgan fingerprint density at radius 2 is 1.69 bits per heavy atom. The number of thioether (sulfide) groups is 1. The Bertz CT molecular complexity index is 1610. The maximum atomic E-state index is 12.6. The lowest BCUT2D eigenvalue weighted by molar-refractivity contribution is -0.142. The summed E-state index contributed by atoms with van der Waals surface area (Å²) in [5.74, 6) is -0.202. The van der Waals surface area contributed by atoms with Gasteiger partial charge >= 0.3 is 17.4 Å². The highest BCUT2D eigenvalue weighted by Crippen LogP contribution is 2.45. The molecule has 42 heavy (non-hydrogen) atoms. The first-order valence-electron chi connectivity index (χ1n) is 13.9. The van der Waals surface area contributed by atoms with Crippen molar-refractivity contribution in [1.82, 2.24) is 15.2 Å². The van der Waals surface area contributed by atoms with Gasteiger partial charge in [-0.1, -0.05) is 26.0 Å². The monoisotopic (exact) mass is 593 g/mol. The van der Waals surface area contributed by atoms with E-state index in [1.165, 1.54) is 0 Å². The summed E-state index contributed by atoms with van der Waals surface area (Å²) >= 11 is 0.869. The Morgan fingerprint density at radius 1 is 0.952 bits per heavy atom. The van der Waals surface area contributed by atoms with Crippen LogP contribution in [0, 0.1) is 6.92 Å². The van der Waals surface area contributed by atoms with Crippen molar-refractivity contribution >= 4 is 40.1 Å². The molecular formula is C31H35N3O7S. The van der Waals surface area contributed by atoms with Crippen LogP contribution >= 0.6 is 11.8 Å². The number of nitrogens with one attached hydrogen (secondary N) is 2. The van der Waals surface area contributed by atoms with Gasteiger partial charge in [-0.05, 0) is 74.6 Å². The van der Waals surface area contributed by atoms with Crippen LogP contribution in [0.25, 0.3) is 33.3 Å². The van der Waals surface area contributed by atoms with Gasteiger partial charge in [0.2, 0.25) is 0 Å². The zero-order valence-electron chi connectivity index (χ0n) is 24.6. The molecule has 10 nitrogen and oxygen atoms in total. The average Bonchev–Trinajstić information content (AvgIpc) is 3.51. The number of fused-ring (bicyclic) bond motifs is 1. The number of carbonyl (C=O) groups excluding carboxylic acids is 3. The van der Waals surface area contributed by atoms with Crippen LogP contribution in [0.2, 0.25) is 0 Å². The number of nitrogens with zero attached hydrogens (tertiary/aromatic N) is 1. The molecule has 4 rings (SSSR count). The molecular weight excluding hydrogens is 558 g/mol. The van der Waals surface area contributed by atoms with Crippen molar-refractivity contribution in [2.24, 2.45) is 0 Å². The molecule has 0 saturated heterocycles. The molecule has 0 aliphatic carbocycles. The summed E-state index contributed by atoms with van der Waals surface area (Å²) in [5, 5.41) is 8.44. The summed E-state index contributed by atoms with van der Waals surface area (Å²) < 4.78 is 21.2. The number of hydrogen-bond donors (Lipinski definition) is 2. The van der Waals surface area contributed by atoms with Crippen molar-refractivity contribution in [3.05, 3.63) is 53.2 Å². The fourth-order valence-electron chi connectivity index (χ4n) is 4.80. The van der Waals surface area contributed by atoms with Crippen LogP contribution in [0.15, 0.2) is 41.4 Å². The lowest BCUT2D eigenvalue weighted by Crippen LogP contribution is -2.13. The lowest BCUT2D eigenvalue weighted by atomic mass is 9.90. The predicted octanol–water partition coefficient (Wildman–Crippen LogP) is 7.55. The number of hydrogen-bond acceptors (Lipinski definition) is 9. The molecule has 222 valence electrons. The Hall–Kier alpha value is -4.25. The van der Waals surface area contributed by atoms with Crippen LogP contribution < -0.4 is 4.74 Å². The molecule has 0 bridgehead atoms. The van der Waals surface area contributed by atoms with Crippen LogP contribution in [0.3, 0.4) is 0 Å². The summed E-state index contributed by atoms with van der Waals surface area (Å²) in [4.78, 5) is 41.0. The average molecular weight is 594 g/mol. The number of aromatic amines is 2. The van der Waals surface area contributed by atoms with Gasteiger partial charge < -0.3 is 23.9 Å². The SMILES string of the molecule is CCOC(=O)Cc1cc(OC(=O)OCC)c(-c2[nH]nc(SC(=O)OCC)c2-c2cccc3[nH]c(C)cc23)cc1C(C)C. The summed E-state index contributed by atoms with van der Waals surface area (Å²) in [7, 11) is 0. The van der Waals surface area contributed by atoms with Gasteiger partial charge in [0.05, 0.1) is 31.9 Å². The van der Waals surface area contributed by atoms with Crippen LogP contribution in [0.4, 0.5) is 9.59 Å². The molecule has 0 amide bonds. The third kappa shape index (κ3) is 6.79. The molecule has 4 aromatic rings. The largest absolute Gasteiger partial charge is 0.513 e. The smallest absolute Gasteiger partial charge is 0.466 e. The van der Waals surface area contributed by atoms with E-state index in [0.29, 0.717) is 27.4 Å². The Kier molecular flexibility index (Phi) is 9.95. The summed E-state index contributed by atoms with van der Waals surface area (Å²) in [6, 6.07) is 11.4. The van der Waals surface area contributed by atoms with Crippen molar-refractivity contribution < 1.29 is 33.3 Å². The van der Waals surface area contributed by atoms with Crippen molar-refractivity contribution in [3.8, 4) is 28.1 Å². The van der Waals surface area contributed by atoms with E-state index in [1.807, 2.05) is 51.1 Å². The Labute approximate surface area is 248 Å². The number of H-pyrrole nitrogens is 2. The highest BCUT2D eigenvalue weighted by Gasteiger charge is 2.27. The van der Waals surface area contributed by atoms with Crippen LogP contribution in [0.1, 0.15) is 57.4 Å². The molecule has 2 aromatic heterocycles. The van der Waals surface area contributed by atoms with E-state index in [2.05, 4.69) is 15.2 Å². The van der Waals surface area contributed by atoms with Gasteiger partial charge in [-0.3, -0.25) is 9.89 Å². The number of aromatic nitrogens is 3. The van der Waals surface area contributed by atoms with E-state index in [1.54, 1.807) is 26.8 Å². The molecule has 2 heterocycles. The van der Waals surface area contributed by atoms with Gasteiger partial charge in [0.25, 0.3) is 0 Å². The van der Waals surface area contributed by atoms with Gasteiger partial charge in [0, 0.05) is 39.5 Å². The van der Waals surface area contributed by atoms with Crippen molar-refractivity contribution in [2.45, 2.75) is 58.9 Å². The molecule has 0 radical (unpaired) electrons. The second kappa shape index (κ2) is 13.6. The predicted molar refractivity (Wildman–Crippen MR) is 161 cm³/mol. The maximum Gasteiger partial charge on any atom is 0.513 e. The number of rotatable bonds is 10. The number of ether oxygens (including phenoxy) is 4. The quantitative estimate of drug-likeness (QED) is 0.0827. The first-order chi connectivity index (χ1) is 20.2. The van der Waals surface area contributed by atoms with E-state index in [4.69, 9.17) is 18.9 Å². The third-order valence-corrected chi connectivity index (χ3v) is 7.25. The topological polar surface area (TPSA) is 133 Å². The number of esters is 1. The number of carbonyl (C=O) groups is 3. The summed E-state index contributed by atoms with van der Waals surface area (Å²) in [5.41, 5.74) is 5.91. The van der Waals surface area contributed by atoms with E-state index in [-0.39, 0.29) is 43.9 Å². The van der Waals surface area contributed by atoms with Gasteiger partial charge in [-0.25, -0.2) is 9.59 Å². The van der Waals surface area contributed by atoms with Gasteiger partial charge in [-0.2, -0.15) is 5.10 Å². The first-order valence-corrected chi connectivity index (χ1v) is 14.7.